The van der Waals surface area contributed by atoms with Crippen LogP contribution in [-0.2, 0) is 20.4 Å². The lowest BCUT2D eigenvalue weighted by Crippen LogP contribution is -2.11. The summed E-state index contributed by atoms with van der Waals surface area (Å²) in [7, 11) is 0.00296. The van der Waals surface area contributed by atoms with E-state index >= 15 is 0 Å². The molecule has 1 unspecified atom stereocenters. The van der Waals surface area contributed by atoms with Gasteiger partial charge in [-0.15, -0.1) is 0 Å². The minimum atomic E-state index is -0.213. The molecule has 0 aliphatic heterocycles. The first-order valence-corrected chi connectivity index (χ1v) is 5.81. The van der Waals surface area contributed by atoms with Gasteiger partial charge in [-0.05, 0) is 12.1 Å². The van der Waals surface area contributed by atoms with E-state index in [2.05, 4.69) is 6.26 Å². The van der Waals surface area contributed by atoms with Gasteiger partial charge in [0, 0.05) is 6.92 Å². The second kappa shape index (κ2) is 4.92. The Morgan fingerprint density at radius 3 is 2.54 bits per heavy atom. The molecule has 1 aromatic carbocycles. The van der Waals surface area contributed by atoms with Gasteiger partial charge < -0.3 is 4.74 Å². The van der Waals surface area contributed by atoms with Crippen LogP contribution in [0.15, 0.2) is 35.2 Å². The van der Waals surface area contributed by atoms with Gasteiger partial charge in [0.05, 0.1) is 10.9 Å². The summed E-state index contributed by atoms with van der Waals surface area (Å²) in [6, 6.07) is 10.1. The number of ether oxygens (including phenoxy) is 1. The van der Waals surface area contributed by atoms with Crippen LogP contribution in [0.1, 0.15) is 6.92 Å². The highest BCUT2D eigenvalue weighted by Gasteiger charge is 2.15. The van der Waals surface area contributed by atoms with Gasteiger partial charge >= 0.3 is 5.97 Å². The quantitative estimate of drug-likeness (QED) is 0.545. The molecule has 1 rings (SSSR count). The van der Waals surface area contributed by atoms with Crippen LogP contribution in [0.4, 0.5) is 0 Å². The van der Waals surface area contributed by atoms with Gasteiger partial charge in [-0.3, -0.25) is 4.79 Å². The first-order chi connectivity index (χ1) is 6.20. The standard InChI is InChI=1S/C10H13O2S/c1-9(11)12-8-13(2)10-6-4-3-5-7-10/h3-7H,8H2,1-2H3/q+1. The molecular formula is C10H13O2S+. The van der Waals surface area contributed by atoms with Crippen molar-refractivity contribution in [3.63, 3.8) is 0 Å². The van der Waals surface area contributed by atoms with E-state index in [0.717, 1.165) is 0 Å². The number of hydrogen-bond acceptors (Lipinski definition) is 2. The Balaban J connectivity index is 2.49. The molecule has 0 saturated heterocycles. The lowest BCUT2D eigenvalue weighted by Gasteiger charge is -2.01. The van der Waals surface area contributed by atoms with Crippen LogP contribution in [0, 0.1) is 0 Å². The lowest BCUT2D eigenvalue weighted by atomic mass is 10.4. The number of benzene rings is 1. The van der Waals surface area contributed by atoms with Crippen LogP contribution in [-0.4, -0.2) is 18.2 Å². The third-order valence-electron chi connectivity index (χ3n) is 1.58. The van der Waals surface area contributed by atoms with Gasteiger partial charge in [-0.2, -0.15) is 0 Å². The molecule has 0 N–H and O–H groups in total. The summed E-state index contributed by atoms with van der Waals surface area (Å²) in [5.74, 6) is 0.273. The van der Waals surface area contributed by atoms with Gasteiger partial charge in [-0.1, -0.05) is 18.2 Å². The Labute approximate surface area is 81.3 Å². The molecule has 0 bridgehead atoms. The summed E-state index contributed by atoms with van der Waals surface area (Å²) in [4.78, 5) is 11.8. The van der Waals surface area contributed by atoms with Gasteiger partial charge in [0.2, 0.25) is 0 Å². The van der Waals surface area contributed by atoms with Crippen LogP contribution in [0.5, 0.6) is 0 Å². The van der Waals surface area contributed by atoms with E-state index < -0.39 is 0 Å². The molecule has 0 saturated carbocycles. The third kappa shape index (κ3) is 3.51. The molecule has 0 radical (unpaired) electrons. The average Bonchev–Trinajstić information content (AvgIpc) is 2.15. The Kier molecular flexibility index (Phi) is 3.83. The number of rotatable bonds is 3. The van der Waals surface area contributed by atoms with Crippen LogP contribution < -0.4 is 0 Å². The third-order valence-corrected chi connectivity index (χ3v) is 3.13. The zero-order valence-corrected chi connectivity index (χ0v) is 8.64. The topological polar surface area (TPSA) is 26.3 Å². The summed E-state index contributed by atoms with van der Waals surface area (Å²) < 4.78 is 4.93. The molecular weight excluding hydrogens is 184 g/mol. The summed E-state index contributed by atoms with van der Waals surface area (Å²) >= 11 is 0. The zero-order valence-electron chi connectivity index (χ0n) is 7.82. The smallest absolute Gasteiger partial charge is 0.306 e. The monoisotopic (exact) mass is 197 g/mol. The van der Waals surface area contributed by atoms with Crippen LogP contribution in [0.25, 0.3) is 0 Å². The fourth-order valence-corrected chi connectivity index (χ4v) is 1.99. The minimum absolute atomic E-state index is 0.00296. The maximum absolute atomic E-state index is 10.6. The van der Waals surface area contributed by atoms with Crippen LogP contribution >= 0.6 is 0 Å². The maximum Gasteiger partial charge on any atom is 0.306 e. The normalized spacial score (nSPS) is 12.2. The maximum atomic E-state index is 10.6. The van der Waals surface area contributed by atoms with Crippen molar-refractivity contribution < 1.29 is 9.53 Å². The van der Waals surface area contributed by atoms with E-state index in [1.807, 2.05) is 30.3 Å². The summed E-state index contributed by atoms with van der Waals surface area (Å²) in [6.45, 7) is 1.43. The second-order valence-corrected chi connectivity index (χ2v) is 4.69. The first-order valence-electron chi connectivity index (χ1n) is 4.01. The van der Waals surface area contributed by atoms with Crippen molar-refractivity contribution in [2.24, 2.45) is 0 Å². The second-order valence-electron chi connectivity index (χ2n) is 2.70. The molecule has 0 aliphatic rings. The summed E-state index contributed by atoms with van der Waals surface area (Å²) in [5.41, 5.74) is 0. The van der Waals surface area contributed by atoms with Crippen molar-refractivity contribution in [3.05, 3.63) is 30.3 Å². The van der Waals surface area contributed by atoms with Gasteiger partial charge in [0.25, 0.3) is 5.94 Å². The van der Waals surface area contributed by atoms with Crippen molar-refractivity contribution in [3.8, 4) is 0 Å². The predicted octanol–water partition coefficient (Wildman–Crippen LogP) is 1.81. The molecule has 3 heteroatoms. The Morgan fingerprint density at radius 1 is 1.38 bits per heavy atom. The summed E-state index contributed by atoms with van der Waals surface area (Å²) in [6.07, 6.45) is 2.07. The van der Waals surface area contributed by atoms with E-state index in [1.54, 1.807) is 0 Å². The average molecular weight is 197 g/mol. The van der Waals surface area contributed by atoms with Crippen molar-refractivity contribution in [2.75, 3.05) is 12.2 Å². The highest BCUT2D eigenvalue weighted by atomic mass is 32.2. The van der Waals surface area contributed by atoms with Crippen LogP contribution in [0.2, 0.25) is 0 Å². The van der Waals surface area contributed by atoms with Gasteiger partial charge in [0.15, 0.2) is 4.90 Å². The fraction of sp³-hybridized carbons (Fsp3) is 0.300. The van der Waals surface area contributed by atoms with Crippen LogP contribution in [0.3, 0.4) is 0 Å². The van der Waals surface area contributed by atoms with Gasteiger partial charge in [0.1, 0.15) is 6.26 Å². The number of hydrogen-bond donors (Lipinski definition) is 0. The molecule has 0 amide bonds. The minimum Gasteiger partial charge on any atom is -0.418 e. The highest BCUT2D eigenvalue weighted by Crippen LogP contribution is 2.10. The van der Waals surface area contributed by atoms with E-state index in [1.165, 1.54) is 11.8 Å². The van der Waals surface area contributed by atoms with Gasteiger partial charge in [-0.25, -0.2) is 0 Å². The molecule has 0 spiro atoms. The number of carbonyl (C=O) groups is 1. The van der Waals surface area contributed by atoms with E-state index in [-0.39, 0.29) is 16.9 Å². The summed E-state index contributed by atoms with van der Waals surface area (Å²) in [5, 5.41) is 0. The van der Waals surface area contributed by atoms with Crippen molar-refractivity contribution in [1.82, 2.24) is 0 Å². The number of carbonyl (C=O) groups excluding carboxylic acids is 1. The SMILES string of the molecule is CC(=O)OC[S+](C)c1ccccc1. The molecule has 0 heterocycles. The van der Waals surface area contributed by atoms with Crippen molar-refractivity contribution >= 4 is 16.9 Å². The Morgan fingerprint density at radius 2 is 2.00 bits per heavy atom. The Hall–Kier alpha value is -0.960. The van der Waals surface area contributed by atoms with Crippen molar-refractivity contribution in [2.45, 2.75) is 11.8 Å². The molecule has 2 nitrogen and oxygen atoms in total. The Bertz CT molecular complexity index is 272. The molecule has 1 atom stereocenters. The van der Waals surface area contributed by atoms with E-state index in [0.29, 0.717) is 5.94 Å². The lowest BCUT2D eigenvalue weighted by molar-refractivity contribution is -0.138. The van der Waals surface area contributed by atoms with E-state index in [9.17, 15) is 4.79 Å². The molecule has 13 heavy (non-hydrogen) atoms. The molecule has 1 aromatic rings. The highest BCUT2D eigenvalue weighted by molar-refractivity contribution is 7.96. The molecule has 0 aromatic heterocycles. The largest absolute Gasteiger partial charge is 0.418 e. The van der Waals surface area contributed by atoms with Crippen molar-refractivity contribution in [1.29, 1.82) is 0 Å². The van der Waals surface area contributed by atoms with E-state index in [4.69, 9.17) is 4.74 Å². The molecule has 0 fully saturated rings. The zero-order chi connectivity index (χ0) is 9.68. The molecule has 0 aliphatic carbocycles. The fourth-order valence-electron chi connectivity index (χ4n) is 0.892. The first kappa shape index (κ1) is 10.1. The predicted molar refractivity (Wildman–Crippen MR) is 54.6 cm³/mol. The number of esters is 1. The molecule has 70 valence electrons.